The molecule has 0 saturated carbocycles. The molecule has 1 aromatic rings. The number of aliphatic hydroxyl groups is 1. The number of hydrogen-bond acceptors (Lipinski definition) is 3. The lowest BCUT2D eigenvalue weighted by Crippen LogP contribution is -2.47. The van der Waals surface area contributed by atoms with Gasteiger partial charge in [0.25, 0.3) is 5.60 Å². The minimum absolute atomic E-state index is 0.185. The van der Waals surface area contributed by atoms with Crippen molar-refractivity contribution in [1.29, 1.82) is 0 Å². The number of halogens is 3. The highest BCUT2D eigenvalue weighted by molar-refractivity contribution is 5.90. The average molecular weight is 330 g/mol. The van der Waals surface area contributed by atoms with Crippen LogP contribution in [-0.2, 0) is 21.2 Å². The molecule has 2 rings (SSSR count). The molecule has 0 saturated heterocycles. The van der Waals surface area contributed by atoms with Gasteiger partial charge in [-0.3, -0.25) is 0 Å². The van der Waals surface area contributed by atoms with E-state index in [1.54, 1.807) is 6.07 Å². The number of carbonyl (C=O) groups is 1. The Morgan fingerprint density at radius 2 is 1.52 bits per heavy atom. The van der Waals surface area contributed by atoms with Crippen LogP contribution in [0.3, 0.4) is 0 Å². The van der Waals surface area contributed by atoms with Crippen LogP contribution in [0.15, 0.2) is 12.1 Å². The van der Waals surface area contributed by atoms with Gasteiger partial charge in [0.15, 0.2) is 0 Å². The Morgan fingerprint density at radius 1 is 1.00 bits per heavy atom. The lowest BCUT2D eigenvalue weighted by atomic mass is 9.77. The molecule has 0 fully saturated rings. The molecule has 6 heteroatoms. The Balaban J connectivity index is 2.88. The maximum atomic E-state index is 13.4. The number of esters is 1. The topological polar surface area (TPSA) is 46.5 Å². The Labute approximate surface area is 133 Å². The summed E-state index contributed by atoms with van der Waals surface area (Å²) in [6, 6.07) is 2.97. The van der Waals surface area contributed by atoms with Crippen LogP contribution in [0.1, 0.15) is 58.2 Å². The highest BCUT2D eigenvalue weighted by atomic mass is 19.4. The molecule has 1 aliphatic heterocycles. The van der Waals surface area contributed by atoms with Gasteiger partial charge >= 0.3 is 12.1 Å². The fourth-order valence-corrected chi connectivity index (χ4v) is 2.54. The van der Waals surface area contributed by atoms with E-state index < -0.39 is 34.1 Å². The molecule has 128 valence electrons. The van der Waals surface area contributed by atoms with Crippen LogP contribution in [0.4, 0.5) is 13.2 Å². The van der Waals surface area contributed by atoms with Gasteiger partial charge in [-0.2, -0.15) is 13.2 Å². The second-order valence-electron chi connectivity index (χ2n) is 8.00. The maximum absolute atomic E-state index is 13.4. The molecular weight excluding hydrogens is 309 g/mol. The fourth-order valence-electron chi connectivity index (χ4n) is 2.54. The predicted octanol–water partition coefficient (Wildman–Crippen LogP) is 3.95. The average Bonchev–Trinajstić information content (AvgIpc) is 2.59. The third kappa shape index (κ3) is 2.63. The van der Waals surface area contributed by atoms with Gasteiger partial charge in [-0.25, -0.2) is 4.79 Å². The lowest BCUT2D eigenvalue weighted by molar-refractivity contribution is -0.258. The Kier molecular flexibility index (Phi) is 3.65. The molecular formula is C17H21F3O3. The maximum Gasteiger partial charge on any atom is 0.432 e. The van der Waals surface area contributed by atoms with E-state index in [2.05, 4.69) is 0 Å². The van der Waals surface area contributed by atoms with Crippen molar-refractivity contribution in [2.24, 2.45) is 0 Å². The smallest absolute Gasteiger partial charge is 0.423 e. The number of ether oxygens (including phenoxy) is 1. The highest BCUT2D eigenvalue weighted by Crippen LogP contribution is 2.52. The van der Waals surface area contributed by atoms with Crippen molar-refractivity contribution in [3.05, 3.63) is 28.8 Å². The van der Waals surface area contributed by atoms with E-state index in [0.29, 0.717) is 11.1 Å². The second-order valence-corrected chi connectivity index (χ2v) is 8.00. The molecule has 1 aromatic carbocycles. The van der Waals surface area contributed by atoms with Crippen LogP contribution in [0, 0.1) is 0 Å². The molecule has 0 amide bonds. The summed E-state index contributed by atoms with van der Waals surface area (Å²) in [7, 11) is 0. The van der Waals surface area contributed by atoms with Gasteiger partial charge in [-0.05, 0) is 22.5 Å². The van der Waals surface area contributed by atoms with E-state index in [9.17, 15) is 23.1 Å². The third-order valence-corrected chi connectivity index (χ3v) is 4.05. The minimum Gasteiger partial charge on any atom is -0.423 e. The van der Waals surface area contributed by atoms with E-state index in [1.807, 2.05) is 41.5 Å². The molecule has 0 aromatic heterocycles. The fraction of sp³-hybridized carbons (Fsp3) is 0.588. The third-order valence-electron chi connectivity index (χ3n) is 4.05. The molecule has 0 bridgehead atoms. The minimum atomic E-state index is -5.15. The molecule has 0 aliphatic carbocycles. The molecule has 3 nitrogen and oxygen atoms in total. The largest absolute Gasteiger partial charge is 0.432 e. The van der Waals surface area contributed by atoms with Gasteiger partial charge in [0.2, 0.25) is 0 Å². The van der Waals surface area contributed by atoms with Crippen molar-refractivity contribution in [3.8, 4) is 5.75 Å². The summed E-state index contributed by atoms with van der Waals surface area (Å²) in [6.45, 7) is 11.0. The van der Waals surface area contributed by atoms with E-state index in [-0.39, 0.29) is 5.75 Å². The number of hydrogen-bond donors (Lipinski definition) is 1. The summed E-state index contributed by atoms with van der Waals surface area (Å²) in [6.07, 6.45) is -5.15. The first-order chi connectivity index (χ1) is 10.1. The predicted molar refractivity (Wildman–Crippen MR) is 79.4 cm³/mol. The number of alkyl halides is 3. The van der Waals surface area contributed by atoms with Crippen LogP contribution < -0.4 is 4.74 Å². The molecule has 1 aliphatic rings. The molecule has 0 unspecified atom stereocenters. The van der Waals surface area contributed by atoms with Gasteiger partial charge in [-0.15, -0.1) is 0 Å². The van der Waals surface area contributed by atoms with Crippen LogP contribution in [0.2, 0.25) is 0 Å². The Morgan fingerprint density at radius 3 is 1.91 bits per heavy atom. The van der Waals surface area contributed by atoms with E-state index in [0.717, 1.165) is 0 Å². The first-order valence-electron chi connectivity index (χ1n) is 7.31. The standard InChI is InChI=1S/C17H21F3O3/c1-14(2,3)9-7-10(15(4,5)6)12-11(8-9)16(22,13(21)23-12)17(18,19)20/h7-8,22H,1-6H3/t16-/m1/s1. The summed E-state index contributed by atoms with van der Waals surface area (Å²) in [5.41, 5.74) is -4.08. The van der Waals surface area contributed by atoms with Crippen LogP contribution in [0.25, 0.3) is 0 Å². The molecule has 1 N–H and O–H groups in total. The van der Waals surface area contributed by atoms with Crippen molar-refractivity contribution < 1.29 is 27.8 Å². The number of fused-ring (bicyclic) bond motifs is 1. The van der Waals surface area contributed by atoms with Gasteiger partial charge in [0.1, 0.15) is 5.75 Å². The van der Waals surface area contributed by atoms with Crippen molar-refractivity contribution in [3.63, 3.8) is 0 Å². The number of rotatable bonds is 0. The molecule has 0 radical (unpaired) electrons. The molecule has 23 heavy (non-hydrogen) atoms. The second kappa shape index (κ2) is 4.72. The van der Waals surface area contributed by atoms with E-state index in [1.165, 1.54) is 6.07 Å². The van der Waals surface area contributed by atoms with Crippen molar-refractivity contribution >= 4 is 5.97 Å². The summed E-state index contributed by atoms with van der Waals surface area (Å²) in [4.78, 5) is 11.8. The first kappa shape index (κ1) is 17.8. The van der Waals surface area contributed by atoms with Crippen molar-refractivity contribution in [2.75, 3.05) is 0 Å². The van der Waals surface area contributed by atoms with Crippen LogP contribution in [0.5, 0.6) is 5.75 Å². The summed E-state index contributed by atoms with van der Waals surface area (Å²) in [5.74, 6) is -1.88. The SMILES string of the molecule is CC(C)(C)c1cc(C(C)(C)C)c2c(c1)[C@](O)(C(F)(F)F)C(=O)O2. The van der Waals surface area contributed by atoms with E-state index in [4.69, 9.17) is 4.74 Å². The summed E-state index contributed by atoms with van der Waals surface area (Å²) in [5, 5.41) is 10.1. The van der Waals surface area contributed by atoms with Gasteiger partial charge < -0.3 is 9.84 Å². The molecule has 1 heterocycles. The summed E-state index contributed by atoms with van der Waals surface area (Å²) < 4.78 is 45.0. The van der Waals surface area contributed by atoms with Crippen LogP contribution >= 0.6 is 0 Å². The van der Waals surface area contributed by atoms with Gasteiger partial charge in [-0.1, -0.05) is 47.6 Å². The zero-order valence-corrected chi connectivity index (χ0v) is 14.1. The van der Waals surface area contributed by atoms with E-state index >= 15 is 0 Å². The Hall–Kier alpha value is -1.56. The van der Waals surface area contributed by atoms with Crippen molar-refractivity contribution in [1.82, 2.24) is 0 Å². The number of benzene rings is 1. The summed E-state index contributed by atoms with van der Waals surface area (Å²) >= 11 is 0. The molecule has 1 atom stereocenters. The van der Waals surface area contributed by atoms with Gasteiger partial charge in [0.05, 0.1) is 0 Å². The molecule has 0 spiro atoms. The zero-order valence-electron chi connectivity index (χ0n) is 14.1. The lowest BCUT2D eigenvalue weighted by Gasteiger charge is -2.28. The quantitative estimate of drug-likeness (QED) is 0.579. The normalized spacial score (nSPS) is 22.1. The van der Waals surface area contributed by atoms with Crippen LogP contribution in [-0.4, -0.2) is 17.3 Å². The van der Waals surface area contributed by atoms with Crippen molar-refractivity contribution in [2.45, 2.75) is 64.1 Å². The highest BCUT2D eigenvalue weighted by Gasteiger charge is 2.67. The Bertz CT molecular complexity index is 663. The zero-order chi connectivity index (χ0) is 18.0. The monoisotopic (exact) mass is 330 g/mol. The first-order valence-corrected chi connectivity index (χ1v) is 7.31. The van der Waals surface area contributed by atoms with Gasteiger partial charge in [0, 0.05) is 11.1 Å². The number of carbonyl (C=O) groups excluding carboxylic acids is 1.